The fourth-order valence-electron chi connectivity index (χ4n) is 1.53. The zero-order chi connectivity index (χ0) is 9.97. The number of anilines is 1. The molecule has 0 spiro atoms. The molecular weight excluding hydrogens is 174 g/mol. The van der Waals surface area contributed by atoms with Crippen LogP contribution in [0.2, 0.25) is 0 Å². The second-order valence-electron chi connectivity index (χ2n) is 3.15. The number of nitrogens with zero attached hydrogens (tertiary/aromatic N) is 2. The monoisotopic (exact) mass is 187 g/mol. The Morgan fingerprint density at radius 3 is 2.64 bits per heavy atom. The number of rotatable bonds is 2. The molecule has 0 saturated heterocycles. The molecule has 3 heteroatoms. The molecule has 0 unspecified atom stereocenters. The van der Waals surface area contributed by atoms with Gasteiger partial charge in [0.25, 0.3) is 0 Å². The molecule has 1 heterocycles. The molecule has 1 aromatic carbocycles. The summed E-state index contributed by atoms with van der Waals surface area (Å²) in [5.41, 5.74) is 8.69. The molecule has 0 fully saturated rings. The summed E-state index contributed by atoms with van der Waals surface area (Å²) in [4.78, 5) is 0. The van der Waals surface area contributed by atoms with Gasteiger partial charge in [0, 0.05) is 0 Å². The summed E-state index contributed by atoms with van der Waals surface area (Å²) in [7, 11) is 0. The normalized spacial score (nSPS) is 10.4. The summed E-state index contributed by atoms with van der Waals surface area (Å²) in [5.74, 6) is 0. The molecule has 3 nitrogen and oxygen atoms in total. The van der Waals surface area contributed by atoms with Gasteiger partial charge in [0.2, 0.25) is 0 Å². The van der Waals surface area contributed by atoms with Crippen LogP contribution in [0.1, 0.15) is 12.6 Å². The first-order chi connectivity index (χ1) is 6.83. The van der Waals surface area contributed by atoms with Gasteiger partial charge in [-0.2, -0.15) is 5.10 Å². The lowest BCUT2D eigenvalue weighted by Crippen LogP contribution is -2.02. The van der Waals surface area contributed by atoms with E-state index in [1.54, 1.807) is 6.20 Å². The standard InChI is InChI=1S/C11H13N3/c1-2-11-10(12)8-13-14(11)9-6-4-3-5-7-9/h3-8H,2,12H2,1H3. The summed E-state index contributed by atoms with van der Waals surface area (Å²) in [5, 5.41) is 4.25. The second-order valence-corrected chi connectivity index (χ2v) is 3.15. The lowest BCUT2D eigenvalue weighted by atomic mass is 10.2. The van der Waals surface area contributed by atoms with Crippen LogP contribution in [0, 0.1) is 0 Å². The Morgan fingerprint density at radius 2 is 2.00 bits per heavy atom. The molecular formula is C11H13N3. The Kier molecular flexibility index (Phi) is 2.23. The van der Waals surface area contributed by atoms with E-state index in [9.17, 15) is 0 Å². The quantitative estimate of drug-likeness (QED) is 0.781. The Balaban J connectivity index is 2.52. The third-order valence-corrected chi connectivity index (χ3v) is 2.24. The van der Waals surface area contributed by atoms with Crippen LogP contribution < -0.4 is 5.73 Å². The Bertz CT molecular complexity index is 417. The summed E-state index contributed by atoms with van der Waals surface area (Å²) in [6, 6.07) is 10.0. The van der Waals surface area contributed by atoms with E-state index in [4.69, 9.17) is 5.73 Å². The van der Waals surface area contributed by atoms with E-state index in [1.165, 1.54) is 0 Å². The van der Waals surface area contributed by atoms with Gasteiger partial charge in [-0.05, 0) is 18.6 Å². The van der Waals surface area contributed by atoms with Crippen molar-refractivity contribution in [2.75, 3.05) is 5.73 Å². The van der Waals surface area contributed by atoms with Crippen molar-refractivity contribution in [3.05, 3.63) is 42.2 Å². The minimum atomic E-state index is 0.761. The highest BCUT2D eigenvalue weighted by molar-refractivity contribution is 5.45. The van der Waals surface area contributed by atoms with Crippen LogP contribution in [0.3, 0.4) is 0 Å². The van der Waals surface area contributed by atoms with Gasteiger partial charge in [0.15, 0.2) is 0 Å². The van der Waals surface area contributed by atoms with Gasteiger partial charge in [-0.25, -0.2) is 4.68 Å². The molecule has 0 aliphatic heterocycles. The molecule has 0 aliphatic carbocycles. The van der Waals surface area contributed by atoms with E-state index >= 15 is 0 Å². The fourth-order valence-corrected chi connectivity index (χ4v) is 1.53. The average molecular weight is 187 g/mol. The lowest BCUT2D eigenvalue weighted by molar-refractivity contribution is 0.815. The molecule has 1 aromatic heterocycles. The molecule has 0 bridgehead atoms. The van der Waals surface area contributed by atoms with Crippen molar-refractivity contribution in [1.29, 1.82) is 0 Å². The van der Waals surface area contributed by atoms with Gasteiger partial charge in [0.05, 0.1) is 23.3 Å². The Morgan fingerprint density at radius 1 is 1.29 bits per heavy atom. The predicted molar refractivity (Wildman–Crippen MR) is 57.4 cm³/mol. The molecule has 0 aliphatic rings. The number of nitrogens with two attached hydrogens (primary N) is 1. The van der Waals surface area contributed by atoms with Gasteiger partial charge >= 0.3 is 0 Å². The first-order valence-corrected chi connectivity index (χ1v) is 4.70. The van der Waals surface area contributed by atoms with Crippen LogP contribution in [-0.2, 0) is 6.42 Å². The zero-order valence-electron chi connectivity index (χ0n) is 8.14. The van der Waals surface area contributed by atoms with Gasteiger partial charge in [-0.1, -0.05) is 25.1 Å². The maximum atomic E-state index is 5.81. The largest absolute Gasteiger partial charge is 0.396 e. The van der Waals surface area contributed by atoms with E-state index in [1.807, 2.05) is 35.0 Å². The lowest BCUT2D eigenvalue weighted by Gasteiger charge is -2.05. The van der Waals surface area contributed by atoms with Crippen LogP contribution in [-0.4, -0.2) is 9.78 Å². The summed E-state index contributed by atoms with van der Waals surface area (Å²) in [6.45, 7) is 2.08. The highest BCUT2D eigenvalue weighted by Crippen LogP contribution is 2.16. The average Bonchev–Trinajstić information content (AvgIpc) is 2.61. The van der Waals surface area contributed by atoms with Crippen molar-refractivity contribution in [3.63, 3.8) is 0 Å². The van der Waals surface area contributed by atoms with Gasteiger partial charge in [-0.3, -0.25) is 0 Å². The summed E-state index contributed by atoms with van der Waals surface area (Å²) in [6.07, 6.45) is 2.59. The molecule has 14 heavy (non-hydrogen) atoms. The summed E-state index contributed by atoms with van der Waals surface area (Å²) >= 11 is 0. The van der Waals surface area contributed by atoms with Crippen molar-refractivity contribution in [1.82, 2.24) is 9.78 Å². The van der Waals surface area contributed by atoms with Gasteiger partial charge in [0.1, 0.15) is 0 Å². The number of benzene rings is 1. The molecule has 2 N–H and O–H groups in total. The SMILES string of the molecule is CCc1c(N)cnn1-c1ccccc1. The number of para-hydroxylation sites is 1. The highest BCUT2D eigenvalue weighted by Gasteiger charge is 2.06. The van der Waals surface area contributed by atoms with Crippen LogP contribution >= 0.6 is 0 Å². The van der Waals surface area contributed by atoms with Crippen LogP contribution in [0.25, 0.3) is 5.69 Å². The van der Waals surface area contributed by atoms with Crippen molar-refractivity contribution in [2.45, 2.75) is 13.3 Å². The smallest absolute Gasteiger partial charge is 0.0737 e. The molecule has 0 atom stereocenters. The van der Waals surface area contributed by atoms with Crippen molar-refractivity contribution in [2.24, 2.45) is 0 Å². The van der Waals surface area contributed by atoms with E-state index in [0.717, 1.165) is 23.5 Å². The van der Waals surface area contributed by atoms with Crippen LogP contribution in [0.15, 0.2) is 36.5 Å². The minimum absolute atomic E-state index is 0.761. The van der Waals surface area contributed by atoms with E-state index in [-0.39, 0.29) is 0 Å². The van der Waals surface area contributed by atoms with E-state index < -0.39 is 0 Å². The fraction of sp³-hybridized carbons (Fsp3) is 0.182. The first-order valence-electron chi connectivity index (χ1n) is 4.70. The topological polar surface area (TPSA) is 43.8 Å². The van der Waals surface area contributed by atoms with Crippen LogP contribution in [0.4, 0.5) is 5.69 Å². The maximum Gasteiger partial charge on any atom is 0.0737 e. The Labute approximate surface area is 83.2 Å². The zero-order valence-corrected chi connectivity index (χ0v) is 8.14. The second kappa shape index (κ2) is 3.54. The van der Waals surface area contributed by atoms with Gasteiger partial charge < -0.3 is 5.73 Å². The molecule has 72 valence electrons. The molecule has 0 radical (unpaired) electrons. The van der Waals surface area contributed by atoms with Crippen molar-refractivity contribution in [3.8, 4) is 5.69 Å². The molecule has 2 rings (SSSR count). The first kappa shape index (κ1) is 8.81. The third kappa shape index (κ3) is 1.37. The molecule has 2 aromatic rings. The number of hydrogen-bond donors (Lipinski definition) is 1. The number of aromatic nitrogens is 2. The van der Waals surface area contributed by atoms with E-state index in [2.05, 4.69) is 12.0 Å². The van der Waals surface area contributed by atoms with Gasteiger partial charge in [-0.15, -0.1) is 0 Å². The van der Waals surface area contributed by atoms with Crippen LogP contribution in [0.5, 0.6) is 0 Å². The third-order valence-electron chi connectivity index (χ3n) is 2.24. The number of nitrogen functional groups attached to an aromatic ring is 1. The van der Waals surface area contributed by atoms with Crippen molar-refractivity contribution < 1.29 is 0 Å². The summed E-state index contributed by atoms with van der Waals surface area (Å²) < 4.78 is 1.88. The van der Waals surface area contributed by atoms with Crippen molar-refractivity contribution >= 4 is 5.69 Å². The minimum Gasteiger partial charge on any atom is -0.396 e. The number of hydrogen-bond acceptors (Lipinski definition) is 2. The Hall–Kier alpha value is -1.77. The predicted octanol–water partition coefficient (Wildman–Crippen LogP) is 2.02. The molecule has 0 saturated carbocycles. The maximum absolute atomic E-state index is 5.81. The van der Waals surface area contributed by atoms with E-state index in [0.29, 0.717) is 0 Å². The highest BCUT2D eigenvalue weighted by atomic mass is 15.3. The molecule has 0 amide bonds.